The molecule has 1 aromatic carbocycles. The van der Waals surface area contributed by atoms with Crippen LogP contribution in [-0.4, -0.2) is 29.3 Å². The number of benzene rings is 1. The molecule has 8 nitrogen and oxygen atoms in total. The lowest BCUT2D eigenvalue weighted by molar-refractivity contribution is -0.564. The number of nitrogens with zero attached hydrogens (tertiary/aromatic N) is 3. The van der Waals surface area contributed by atoms with Crippen molar-refractivity contribution < 1.29 is 17.7 Å². The van der Waals surface area contributed by atoms with Crippen molar-refractivity contribution in [1.82, 2.24) is 15.0 Å². The van der Waals surface area contributed by atoms with Gasteiger partial charge in [-0.15, -0.1) is 4.52 Å². The highest BCUT2D eigenvalue weighted by Crippen LogP contribution is 2.29. The van der Waals surface area contributed by atoms with Crippen LogP contribution in [0.1, 0.15) is 18.4 Å². The van der Waals surface area contributed by atoms with Gasteiger partial charge in [0.2, 0.25) is 5.91 Å². The Kier molecular flexibility index (Phi) is 4.39. The number of amides is 1. The van der Waals surface area contributed by atoms with Gasteiger partial charge >= 0.3 is 11.6 Å². The molecule has 3 heterocycles. The van der Waals surface area contributed by atoms with Gasteiger partial charge in [-0.3, -0.25) is 10.1 Å². The fourth-order valence-electron chi connectivity index (χ4n) is 3.31. The number of pyridine rings is 1. The van der Waals surface area contributed by atoms with Crippen LogP contribution in [0.5, 0.6) is 0 Å². The summed E-state index contributed by atoms with van der Waals surface area (Å²) < 4.78 is 24.7. The Morgan fingerprint density at radius 1 is 1.13 bits per heavy atom. The van der Waals surface area contributed by atoms with Crippen LogP contribution in [-0.2, 0) is 21.2 Å². The van der Waals surface area contributed by atoms with Crippen molar-refractivity contribution in [3.63, 3.8) is 0 Å². The molecule has 0 unspecified atom stereocenters. The second-order valence-corrected chi connectivity index (χ2v) is 9.19. The largest absolute Gasteiger partial charge is 0.355 e. The van der Waals surface area contributed by atoms with Gasteiger partial charge in [-0.1, -0.05) is 24.3 Å². The zero-order valence-corrected chi connectivity index (χ0v) is 16.8. The van der Waals surface area contributed by atoms with E-state index in [0.29, 0.717) is 18.1 Å². The monoisotopic (exact) mass is 422 g/mol. The van der Waals surface area contributed by atoms with Crippen LogP contribution >= 0.6 is 0 Å². The van der Waals surface area contributed by atoms with Crippen LogP contribution in [0.3, 0.4) is 0 Å². The predicted molar refractivity (Wildman–Crippen MR) is 111 cm³/mol. The van der Waals surface area contributed by atoms with Gasteiger partial charge in [0.1, 0.15) is 0 Å². The number of carbonyl (C=O) groups excluding carboxylic acids is 1. The summed E-state index contributed by atoms with van der Waals surface area (Å²) in [5, 5.41) is 8.38. The van der Waals surface area contributed by atoms with E-state index in [-0.39, 0.29) is 11.8 Å². The first-order valence-electron chi connectivity index (χ1n) is 9.65. The van der Waals surface area contributed by atoms with E-state index in [9.17, 15) is 13.2 Å². The molecule has 2 aromatic heterocycles. The van der Waals surface area contributed by atoms with Gasteiger partial charge in [0, 0.05) is 41.5 Å². The number of aromatic amines is 1. The molecule has 1 aliphatic heterocycles. The highest BCUT2D eigenvalue weighted by atomic mass is 32.2. The van der Waals surface area contributed by atoms with E-state index in [1.165, 1.54) is 10.8 Å². The molecule has 5 rings (SSSR count). The minimum absolute atomic E-state index is 0.00849. The molecule has 0 atom stereocenters. The van der Waals surface area contributed by atoms with E-state index in [4.69, 9.17) is 0 Å². The third kappa shape index (κ3) is 3.84. The van der Waals surface area contributed by atoms with Gasteiger partial charge in [0.05, 0.1) is 10.8 Å². The van der Waals surface area contributed by atoms with E-state index in [2.05, 4.69) is 15.4 Å². The zero-order chi connectivity index (χ0) is 20.7. The third-order valence-corrected chi connectivity index (χ3v) is 6.10. The fraction of sp³-hybridized carbons (Fsp3) is 0.190. The van der Waals surface area contributed by atoms with E-state index in [1.807, 2.05) is 51.9 Å². The molecule has 152 valence electrons. The van der Waals surface area contributed by atoms with E-state index in [0.717, 1.165) is 29.7 Å². The summed E-state index contributed by atoms with van der Waals surface area (Å²) in [5.74, 6) is 0.559. The normalized spacial score (nSPS) is 17.4. The summed E-state index contributed by atoms with van der Waals surface area (Å²) in [6.45, 7) is 0.571. The van der Waals surface area contributed by atoms with Crippen LogP contribution in [0.25, 0.3) is 16.9 Å². The summed E-state index contributed by atoms with van der Waals surface area (Å²) >= 11 is 0. The molecular weight excluding hydrogens is 402 g/mol. The molecule has 0 saturated heterocycles. The lowest BCUT2D eigenvalue weighted by atomic mass is 10.1. The summed E-state index contributed by atoms with van der Waals surface area (Å²) in [6, 6.07) is 13.8. The van der Waals surface area contributed by atoms with Crippen molar-refractivity contribution in [3.05, 3.63) is 71.2 Å². The highest BCUT2D eigenvalue weighted by Gasteiger charge is 2.31. The SMILES string of the molecule is O=C(Nc1nc2cccc(-c3ccc(CN4C=CS(=O)(=O)C=C4)cc3)[n+]2[nH]1)C1CC1. The second-order valence-electron chi connectivity index (χ2n) is 7.47. The fourth-order valence-corrected chi connectivity index (χ4v) is 4.05. The molecule has 9 heteroatoms. The first-order valence-corrected chi connectivity index (χ1v) is 11.3. The van der Waals surface area contributed by atoms with E-state index < -0.39 is 9.84 Å². The van der Waals surface area contributed by atoms with Crippen LogP contribution in [0.15, 0.2) is 65.7 Å². The standard InChI is InChI=1S/C21H19N5O3S/c27-20(17-8-9-17)23-21-22-19-3-1-2-18(26(19)24-21)16-6-4-15(5-7-16)14-25-10-12-30(28,29)13-11-25/h1-7,10-13,17H,8-9,14H2,(H,23,24,27)/p+1. The molecular formula is C21H20N5O3S+. The number of H-pyrrole nitrogens is 1. The molecule has 3 aromatic rings. The summed E-state index contributed by atoms with van der Waals surface area (Å²) in [4.78, 5) is 18.3. The molecule has 1 saturated carbocycles. The van der Waals surface area contributed by atoms with Gasteiger partial charge in [0.25, 0.3) is 0 Å². The third-order valence-electron chi connectivity index (χ3n) is 5.10. The number of fused-ring (bicyclic) bond motifs is 1. The van der Waals surface area contributed by atoms with Gasteiger partial charge < -0.3 is 4.90 Å². The number of aromatic nitrogens is 3. The maximum atomic E-state index is 12.0. The topological polar surface area (TPSA) is 99.3 Å². The maximum Gasteiger partial charge on any atom is 0.355 e. The van der Waals surface area contributed by atoms with Crippen molar-refractivity contribution >= 4 is 27.3 Å². The first-order chi connectivity index (χ1) is 14.5. The number of rotatable bonds is 5. The van der Waals surface area contributed by atoms with Crippen molar-refractivity contribution in [2.75, 3.05) is 5.32 Å². The molecule has 0 bridgehead atoms. The van der Waals surface area contributed by atoms with Gasteiger partial charge in [-0.25, -0.2) is 8.42 Å². The highest BCUT2D eigenvalue weighted by molar-refractivity contribution is 7.97. The molecule has 30 heavy (non-hydrogen) atoms. The Morgan fingerprint density at radius 2 is 1.87 bits per heavy atom. The second kappa shape index (κ2) is 7.10. The summed E-state index contributed by atoms with van der Waals surface area (Å²) in [7, 11) is -3.22. The Labute approximate surface area is 173 Å². The van der Waals surface area contributed by atoms with Crippen LogP contribution < -0.4 is 9.83 Å². The summed E-state index contributed by atoms with van der Waals surface area (Å²) in [6.07, 6.45) is 5.00. The zero-order valence-electron chi connectivity index (χ0n) is 16.0. The Balaban J connectivity index is 1.37. The Bertz CT molecular complexity index is 1270. The average Bonchev–Trinajstić information content (AvgIpc) is 3.50. The molecule has 2 N–H and O–H groups in total. The van der Waals surface area contributed by atoms with Crippen molar-refractivity contribution in [2.24, 2.45) is 5.92 Å². The lowest BCUT2D eigenvalue weighted by Gasteiger charge is -2.17. The number of sulfone groups is 1. The first kappa shape index (κ1) is 18.6. The van der Waals surface area contributed by atoms with Gasteiger partial charge in [-0.2, -0.15) is 5.10 Å². The maximum absolute atomic E-state index is 12.0. The van der Waals surface area contributed by atoms with Crippen LogP contribution in [0.4, 0.5) is 5.95 Å². The minimum atomic E-state index is -3.22. The van der Waals surface area contributed by atoms with Crippen LogP contribution in [0.2, 0.25) is 0 Å². The molecule has 0 radical (unpaired) electrons. The lowest BCUT2D eigenvalue weighted by Crippen LogP contribution is -2.27. The molecule has 1 aliphatic carbocycles. The smallest absolute Gasteiger partial charge is 0.348 e. The van der Waals surface area contributed by atoms with Gasteiger partial charge in [0.15, 0.2) is 15.5 Å². The van der Waals surface area contributed by atoms with E-state index in [1.54, 1.807) is 12.4 Å². The number of carbonyl (C=O) groups is 1. The Morgan fingerprint density at radius 3 is 2.57 bits per heavy atom. The average molecular weight is 422 g/mol. The van der Waals surface area contributed by atoms with Crippen molar-refractivity contribution in [3.8, 4) is 11.3 Å². The number of anilines is 1. The molecule has 0 spiro atoms. The Hall–Kier alpha value is -3.46. The van der Waals surface area contributed by atoms with Crippen molar-refractivity contribution in [2.45, 2.75) is 19.4 Å². The molecule has 2 aliphatic rings. The molecule has 1 fully saturated rings. The minimum Gasteiger partial charge on any atom is -0.348 e. The predicted octanol–water partition coefficient (Wildman–Crippen LogP) is 2.34. The van der Waals surface area contributed by atoms with Crippen LogP contribution in [0, 0.1) is 5.92 Å². The number of hydrogen-bond acceptors (Lipinski definition) is 5. The quantitative estimate of drug-likeness (QED) is 0.615. The number of nitrogens with one attached hydrogen (secondary N) is 2. The van der Waals surface area contributed by atoms with Crippen molar-refractivity contribution in [1.29, 1.82) is 0 Å². The van der Waals surface area contributed by atoms with Gasteiger partial charge in [-0.05, 0) is 30.5 Å². The van der Waals surface area contributed by atoms with E-state index >= 15 is 0 Å². The summed E-state index contributed by atoms with van der Waals surface area (Å²) in [5.41, 5.74) is 3.67. The number of hydrogen-bond donors (Lipinski definition) is 2. The molecule has 1 amide bonds.